The minimum absolute atomic E-state index is 0.00539. The highest BCUT2D eigenvalue weighted by Crippen LogP contribution is 2.43. The lowest BCUT2D eigenvalue weighted by Gasteiger charge is -2.45. The summed E-state index contributed by atoms with van der Waals surface area (Å²) < 4.78 is 0. The van der Waals surface area contributed by atoms with Crippen molar-refractivity contribution in [1.82, 2.24) is 0 Å². The van der Waals surface area contributed by atoms with Gasteiger partial charge in [0.1, 0.15) is 0 Å². The lowest BCUT2D eigenvalue weighted by atomic mass is 9.63. The van der Waals surface area contributed by atoms with Gasteiger partial charge in [-0.2, -0.15) is 0 Å². The standard InChI is InChI=1S/C13H20N2O/c1-15(2)11-5-3-4-10(6-11)13(9-14)7-12(16)8-13/h3-6,12,16H,7-9,14H2,1-2H3. The van der Waals surface area contributed by atoms with Crippen molar-refractivity contribution in [2.75, 3.05) is 25.5 Å². The van der Waals surface area contributed by atoms with Crippen LogP contribution in [0.4, 0.5) is 5.69 Å². The lowest BCUT2D eigenvalue weighted by molar-refractivity contribution is 0.0222. The van der Waals surface area contributed by atoms with Gasteiger partial charge in [0.05, 0.1) is 6.10 Å². The van der Waals surface area contributed by atoms with Gasteiger partial charge >= 0.3 is 0 Å². The van der Waals surface area contributed by atoms with Crippen molar-refractivity contribution in [3.63, 3.8) is 0 Å². The molecule has 0 radical (unpaired) electrons. The Hall–Kier alpha value is -1.06. The third kappa shape index (κ3) is 1.81. The van der Waals surface area contributed by atoms with Crippen molar-refractivity contribution < 1.29 is 5.11 Å². The van der Waals surface area contributed by atoms with Crippen LogP contribution in [0.2, 0.25) is 0 Å². The normalized spacial score (nSPS) is 28.6. The van der Waals surface area contributed by atoms with Crippen molar-refractivity contribution in [2.45, 2.75) is 24.4 Å². The summed E-state index contributed by atoms with van der Waals surface area (Å²) in [5.41, 5.74) is 8.31. The van der Waals surface area contributed by atoms with Gasteiger partial charge < -0.3 is 15.7 Å². The molecule has 1 aromatic carbocycles. The van der Waals surface area contributed by atoms with E-state index < -0.39 is 0 Å². The van der Waals surface area contributed by atoms with Crippen LogP contribution in [0.1, 0.15) is 18.4 Å². The van der Waals surface area contributed by atoms with Crippen LogP contribution in [-0.4, -0.2) is 31.9 Å². The maximum atomic E-state index is 9.49. The Kier molecular flexibility index (Phi) is 2.91. The largest absolute Gasteiger partial charge is 0.393 e. The summed E-state index contributed by atoms with van der Waals surface area (Å²) in [5, 5.41) is 9.49. The molecule has 0 heterocycles. The predicted octanol–water partition coefficient (Wildman–Crippen LogP) is 1.10. The second-order valence-corrected chi connectivity index (χ2v) is 4.99. The Morgan fingerprint density at radius 3 is 2.62 bits per heavy atom. The average molecular weight is 220 g/mol. The van der Waals surface area contributed by atoms with Crippen LogP contribution in [0, 0.1) is 0 Å². The minimum atomic E-state index is -0.174. The first-order chi connectivity index (χ1) is 7.57. The Labute approximate surface area is 96.9 Å². The van der Waals surface area contributed by atoms with E-state index in [0.29, 0.717) is 6.54 Å². The van der Waals surface area contributed by atoms with Gasteiger partial charge in [-0.1, -0.05) is 12.1 Å². The Morgan fingerprint density at radius 1 is 1.44 bits per heavy atom. The molecular formula is C13H20N2O. The quantitative estimate of drug-likeness (QED) is 0.802. The zero-order chi connectivity index (χ0) is 11.8. The number of hydrogen-bond acceptors (Lipinski definition) is 3. The molecule has 1 saturated carbocycles. The van der Waals surface area contributed by atoms with Gasteiger partial charge in [0.2, 0.25) is 0 Å². The fourth-order valence-electron chi connectivity index (χ4n) is 2.48. The Balaban J connectivity index is 2.29. The summed E-state index contributed by atoms with van der Waals surface area (Å²) in [6.07, 6.45) is 1.41. The number of benzene rings is 1. The molecule has 0 aliphatic heterocycles. The van der Waals surface area contributed by atoms with E-state index in [1.54, 1.807) is 0 Å². The van der Waals surface area contributed by atoms with Crippen molar-refractivity contribution in [3.8, 4) is 0 Å². The molecule has 16 heavy (non-hydrogen) atoms. The number of aliphatic hydroxyl groups is 1. The third-order valence-corrected chi connectivity index (χ3v) is 3.62. The molecule has 0 unspecified atom stereocenters. The van der Waals surface area contributed by atoms with Crippen LogP contribution in [0.15, 0.2) is 24.3 Å². The second-order valence-electron chi connectivity index (χ2n) is 4.99. The highest BCUT2D eigenvalue weighted by atomic mass is 16.3. The fourth-order valence-corrected chi connectivity index (χ4v) is 2.48. The van der Waals surface area contributed by atoms with E-state index in [2.05, 4.69) is 29.2 Å². The monoisotopic (exact) mass is 220 g/mol. The average Bonchev–Trinajstić information content (AvgIpc) is 2.24. The van der Waals surface area contributed by atoms with Crippen LogP contribution in [0.3, 0.4) is 0 Å². The highest BCUT2D eigenvalue weighted by Gasteiger charge is 2.43. The molecule has 88 valence electrons. The minimum Gasteiger partial charge on any atom is -0.393 e. The zero-order valence-corrected chi connectivity index (χ0v) is 9.98. The van der Waals surface area contributed by atoms with Crippen LogP contribution in [0.5, 0.6) is 0 Å². The number of nitrogens with zero attached hydrogens (tertiary/aromatic N) is 1. The molecule has 1 aliphatic rings. The molecule has 0 bridgehead atoms. The molecule has 3 nitrogen and oxygen atoms in total. The van der Waals surface area contributed by atoms with E-state index in [1.165, 1.54) is 11.3 Å². The van der Waals surface area contributed by atoms with Gasteiger partial charge in [-0.25, -0.2) is 0 Å². The SMILES string of the molecule is CN(C)c1cccc(C2(CN)CC(O)C2)c1. The van der Waals surface area contributed by atoms with Crippen LogP contribution >= 0.6 is 0 Å². The summed E-state index contributed by atoms with van der Waals surface area (Å²) >= 11 is 0. The zero-order valence-electron chi connectivity index (χ0n) is 9.98. The molecule has 3 heteroatoms. The number of nitrogens with two attached hydrogens (primary N) is 1. The van der Waals surface area contributed by atoms with E-state index in [0.717, 1.165) is 12.8 Å². The highest BCUT2D eigenvalue weighted by molar-refractivity contribution is 5.49. The summed E-state index contributed by atoms with van der Waals surface area (Å²) in [6.45, 7) is 0.612. The van der Waals surface area contributed by atoms with Crippen molar-refractivity contribution in [2.24, 2.45) is 5.73 Å². The molecule has 0 saturated heterocycles. The smallest absolute Gasteiger partial charge is 0.0558 e. The first-order valence-electron chi connectivity index (χ1n) is 5.73. The summed E-state index contributed by atoms with van der Waals surface area (Å²) in [6, 6.07) is 8.44. The Bertz CT molecular complexity index is 370. The molecule has 0 atom stereocenters. The molecule has 0 amide bonds. The number of aliphatic hydroxyl groups excluding tert-OH is 1. The lowest BCUT2D eigenvalue weighted by Crippen LogP contribution is -2.49. The molecule has 0 spiro atoms. The predicted molar refractivity (Wildman–Crippen MR) is 66.7 cm³/mol. The van der Waals surface area contributed by atoms with Gasteiger partial charge in [0.25, 0.3) is 0 Å². The molecule has 1 aliphatic carbocycles. The van der Waals surface area contributed by atoms with E-state index in [1.807, 2.05) is 14.1 Å². The summed E-state index contributed by atoms with van der Waals surface area (Å²) in [4.78, 5) is 2.09. The maximum absolute atomic E-state index is 9.49. The number of rotatable bonds is 3. The van der Waals surface area contributed by atoms with E-state index >= 15 is 0 Å². The molecular weight excluding hydrogens is 200 g/mol. The first kappa shape index (κ1) is 11.4. The van der Waals surface area contributed by atoms with Gasteiger partial charge in [-0.05, 0) is 30.5 Å². The molecule has 1 fully saturated rings. The van der Waals surface area contributed by atoms with Crippen molar-refractivity contribution in [1.29, 1.82) is 0 Å². The van der Waals surface area contributed by atoms with Gasteiger partial charge in [0.15, 0.2) is 0 Å². The van der Waals surface area contributed by atoms with Crippen molar-refractivity contribution >= 4 is 5.69 Å². The molecule has 2 rings (SSSR count). The van der Waals surface area contributed by atoms with Gasteiger partial charge in [-0.15, -0.1) is 0 Å². The first-order valence-corrected chi connectivity index (χ1v) is 5.73. The fraction of sp³-hybridized carbons (Fsp3) is 0.538. The van der Waals surface area contributed by atoms with Gasteiger partial charge in [-0.3, -0.25) is 0 Å². The van der Waals surface area contributed by atoms with Crippen molar-refractivity contribution in [3.05, 3.63) is 29.8 Å². The maximum Gasteiger partial charge on any atom is 0.0558 e. The van der Waals surface area contributed by atoms with E-state index in [-0.39, 0.29) is 11.5 Å². The summed E-state index contributed by atoms with van der Waals surface area (Å²) in [7, 11) is 4.06. The van der Waals surface area contributed by atoms with E-state index in [4.69, 9.17) is 5.73 Å². The molecule has 1 aromatic rings. The molecule has 3 N–H and O–H groups in total. The summed E-state index contributed by atoms with van der Waals surface area (Å²) in [5.74, 6) is 0. The van der Waals surface area contributed by atoms with E-state index in [9.17, 15) is 5.11 Å². The topological polar surface area (TPSA) is 49.5 Å². The Morgan fingerprint density at radius 2 is 2.12 bits per heavy atom. The number of hydrogen-bond donors (Lipinski definition) is 2. The van der Waals surface area contributed by atoms with Gasteiger partial charge in [0, 0.05) is 31.7 Å². The third-order valence-electron chi connectivity index (χ3n) is 3.62. The molecule has 0 aromatic heterocycles. The van der Waals surface area contributed by atoms with Crippen LogP contribution in [-0.2, 0) is 5.41 Å². The second kappa shape index (κ2) is 4.07. The number of anilines is 1. The van der Waals surface area contributed by atoms with Crippen LogP contribution < -0.4 is 10.6 Å². The van der Waals surface area contributed by atoms with Crippen LogP contribution in [0.25, 0.3) is 0 Å².